The van der Waals surface area contributed by atoms with E-state index in [1.165, 1.54) is 18.4 Å². The van der Waals surface area contributed by atoms with E-state index < -0.39 is 5.82 Å². The van der Waals surface area contributed by atoms with Gasteiger partial charge in [-0.05, 0) is 31.0 Å². The van der Waals surface area contributed by atoms with E-state index in [0.29, 0.717) is 24.2 Å². The molecule has 2 N–H and O–H groups in total. The Labute approximate surface area is 92.7 Å². The Morgan fingerprint density at radius 3 is 2.88 bits per heavy atom. The van der Waals surface area contributed by atoms with E-state index in [-0.39, 0.29) is 11.5 Å². The van der Waals surface area contributed by atoms with Gasteiger partial charge in [0.2, 0.25) is 0 Å². The maximum atomic E-state index is 13.2. The van der Waals surface area contributed by atoms with Crippen molar-refractivity contribution in [2.24, 2.45) is 0 Å². The van der Waals surface area contributed by atoms with Crippen LogP contribution < -0.4 is 5.73 Å². The van der Waals surface area contributed by atoms with Crippen molar-refractivity contribution in [1.29, 1.82) is 0 Å². The van der Waals surface area contributed by atoms with Crippen LogP contribution in [0.4, 0.5) is 10.1 Å². The first-order valence-electron chi connectivity index (χ1n) is 5.09. The van der Waals surface area contributed by atoms with Crippen molar-refractivity contribution in [2.45, 2.75) is 12.8 Å². The van der Waals surface area contributed by atoms with Gasteiger partial charge in [0, 0.05) is 11.1 Å². The van der Waals surface area contributed by atoms with Gasteiger partial charge in [-0.1, -0.05) is 0 Å². The average molecular weight is 221 g/mol. The van der Waals surface area contributed by atoms with Crippen LogP contribution in [0, 0.1) is 5.82 Å². The van der Waals surface area contributed by atoms with Crippen LogP contribution in [-0.2, 0) is 4.74 Å². The highest BCUT2D eigenvalue weighted by atomic mass is 19.1. The number of ether oxygens (including phenoxy) is 1. The zero-order chi connectivity index (χ0) is 11.5. The van der Waals surface area contributed by atoms with Crippen molar-refractivity contribution < 1.29 is 13.9 Å². The lowest BCUT2D eigenvalue weighted by atomic mass is 9.99. The first-order valence-corrected chi connectivity index (χ1v) is 5.09. The fraction of sp³-hybridized carbons (Fsp3) is 0.250. The average Bonchev–Trinajstić information content (AvgIpc) is 2.33. The molecule has 1 aromatic carbocycles. The van der Waals surface area contributed by atoms with Crippen molar-refractivity contribution >= 4 is 11.5 Å². The molecule has 1 aliphatic heterocycles. The number of nitrogen functional groups attached to an aromatic ring is 1. The summed E-state index contributed by atoms with van der Waals surface area (Å²) in [6.45, 7) is 0.632. The van der Waals surface area contributed by atoms with Crippen LogP contribution >= 0.6 is 0 Å². The summed E-state index contributed by atoms with van der Waals surface area (Å²) in [5, 5.41) is 0. The van der Waals surface area contributed by atoms with Crippen molar-refractivity contribution in [3.63, 3.8) is 0 Å². The van der Waals surface area contributed by atoms with Crippen LogP contribution in [0.2, 0.25) is 0 Å². The van der Waals surface area contributed by atoms with Crippen molar-refractivity contribution in [1.82, 2.24) is 0 Å². The molecule has 2 rings (SSSR count). The highest BCUT2D eigenvalue weighted by molar-refractivity contribution is 6.08. The Kier molecular flexibility index (Phi) is 2.90. The largest absolute Gasteiger partial charge is 0.501 e. The molecule has 0 aromatic heterocycles. The highest BCUT2D eigenvalue weighted by Crippen LogP contribution is 2.19. The molecule has 0 amide bonds. The summed E-state index contributed by atoms with van der Waals surface area (Å²) in [5.41, 5.74) is 6.28. The summed E-state index contributed by atoms with van der Waals surface area (Å²) in [6.07, 6.45) is 2.94. The molecule has 3 nitrogen and oxygen atoms in total. The third-order valence-electron chi connectivity index (χ3n) is 2.49. The zero-order valence-corrected chi connectivity index (χ0v) is 8.70. The molecule has 84 valence electrons. The van der Waals surface area contributed by atoms with E-state index in [4.69, 9.17) is 10.5 Å². The molecule has 0 unspecified atom stereocenters. The number of nitrogens with two attached hydrogens (primary N) is 1. The maximum absolute atomic E-state index is 13.2. The molecule has 0 spiro atoms. The van der Waals surface area contributed by atoms with Crippen LogP contribution in [0.15, 0.2) is 30.0 Å². The molecular formula is C12H12FNO2. The van der Waals surface area contributed by atoms with Gasteiger partial charge in [-0.25, -0.2) is 4.39 Å². The molecule has 0 saturated carbocycles. The van der Waals surface area contributed by atoms with Gasteiger partial charge < -0.3 is 10.5 Å². The van der Waals surface area contributed by atoms with E-state index in [0.717, 1.165) is 12.5 Å². The Balaban J connectivity index is 2.26. The normalized spacial score (nSPS) is 15.2. The standard InChI is InChI=1S/C12H12FNO2/c13-10-6-8(3-4-11(10)14)12(15)9-2-1-5-16-7-9/h3-4,6-7H,1-2,5,14H2. The van der Waals surface area contributed by atoms with Gasteiger partial charge in [0.05, 0.1) is 18.6 Å². The van der Waals surface area contributed by atoms with Gasteiger partial charge in [-0.3, -0.25) is 4.79 Å². The SMILES string of the molecule is Nc1ccc(C(=O)C2=COCCC2)cc1F. The number of allylic oxidation sites excluding steroid dienone is 1. The summed E-state index contributed by atoms with van der Waals surface area (Å²) >= 11 is 0. The number of anilines is 1. The van der Waals surface area contributed by atoms with Crippen LogP contribution in [0.5, 0.6) is 0 Å². The van der Waals surface area contributed by atoms with Gasteiger partial charge >= 0.3 is 0 Å². The smallest absolute Gasteiger partial charge is 0.192 e. The summed E-state index contributed by atoms with van der Waals surface area (Å²) in [6, 6.07) is 4.08. The molecule has 1 aromatic rings. The summed E-state index contributed by atoms with van der Waals surface area (Å²) in [5.74, 6) is -0.762. The molecular weight excluding hydrogens is 209 g/mol. The number of ketones is 1. The second-order valence-corrected chi connectivity index (χ2v) is 3.68. The Bertz CT molecular complexity index is 454. The molecule has 0 atom stereocenters. The predicted octanol–water partition coefficient (Wildman–Crippen LogP) is 2.28. The van der Waals surface area contributed by atoms with Gasteiger partial charge in [0.25, 0.3) is 0 Å². The number of benzene rings is 1. The van der Waals surface area contributed by atoms with Crippen LogP contribution in [0.1, 0.15) is 23.2 Å². The predicted molar refractivity (Wildman–Crippen MR) is 58.4 cm³/mol. The first kappa shape index (κ1) is 10.7. The fourth-order valence-corrected chi connectivity index (χ4v) is 1.59. The molecule has 0 aliphatic carbocycles. The first-order chi connectivity index (χ1) is 7.68. The molecule has 16 heavy (non-hydrogen) atoms. The molecule has 0 fully saturated rings. The Hall–Kier alpha value is -1.84. The summed E-state index contributed by atoms with van der Waals surface area (Å²) in [7, 11) is 0. The summed E-state index contributed by atoms with van der Waals surface area (Å²) < 4.78 is 18.3. The number of Topliss-reactive ketones (excluding diaryl/α,β-unsaturated/α-hetero) is 1. The Morgan fingerprint density at radius 1 is 1.44 bits per heavy atom. The van der Waals surface area contributed by atoms with Gasteiger partial charge in [0.1, 0.15) is 5.82 Å². The van der Waals surface area contributed by atoms with Gasteiger partial charge in [0.15, 0.2) is 5.78 Å². The van der Waals surface area contributed by atoms with Crippen molar-refractivity contribution in [2.75, 3.05) is 12.3 Å². The second kappa shape index (κ2) is 4.35. The van der Waals surface area contributed by atoms with Gasteiger partial charge in [-0.2, -0.15) is 0 Å². The van der Waals surface area contributed by atoms with Gasteiger partial charge in [-0.15, -0.1) is 0 Å². The van der Waals surface area contributed by atoms with E-state index in [1.54, 1.807) is 0 Å². The lowest BCUT2D eigenvalue weighted by Gasteiger charge is -2.12. The number of hydrogen-bond acceptors (Lipinski definition) is 3. The minimum atomic E-state index is -0.567. The van der Waals surface area contributed by atoms with E-state index in [1.807, 2.05) is 0 Å². The molecule has 0 saturated heterocycles. The number of halogens is 1. The zero-order valence-electron chi connectivity index (χ0n) is 8.70. The number of carbonyl (C=O) groups excluding carboxylic acids is 1. The van der Waals surface area contributed by atoms with Crippen LogP contribution in [0.25, 0.3) is 0 Å². The topological polar surface area (TPSA) is 52.3 Å². The monoisotopic (exact) mass is 221 g/mol. The third-order valence-corrected chi connectivity index (χ3v) is 2.49. The molecule has 1 aliphatic rings. The van der Waals surface area contributed by atoms with E-state index >= 15 is 0 Å². The Morgan fingerprint density at radius 2 is 2.25 bits per heavy atom. The van der Waals surface area contributed by atoms with Crippen LogP contribution in [-0.4, -0.2) is 12.4 Å². The number of hydrogen-bond donors (Lipinski definition) is 1. The maximum Gasteiger partial charge on any atom is 0.192 e. The third kappa shape index (κ3) is 2.05. The van der Waals surface area contributed by atoms with Crippen molar-refractivity contribution in [3.05, 3.63) is 41.4 Å². The lowest BCUT2D eigenvalue weighted by molar-refractivity contribution is 0.101. The second-order valence-electron chi connectivity index (χ2n) is 3.68. The molecule has 1 heterocycles. The van der Waals surface area contributed by atoms with Crippen LogP contribution in [0.3, 0.4) is 0 Å². The molecule has 0 bridgehead atoms. The summed E-state index contributed by atoms with van der Waals surface area (Å²) in [4.78, 5) is 11.9. The van der Waals surface area contributed by atoms with E-state index in [9.17, 15) is 9.18 Å². The highest BCUT2D eigenvalue weighted by Gasteiger charge is 2.16. The number of rotatable bonds is 2. The fourth-order valence-electron chi connectivity index (χ4n) is 1.59. The molecule has 4 heteroatoms. The quantitative estimate of drug-likeness (QED) is 0.615. The number of carbonyl (C=O) groups is 1. The minimum Gasteiger partial charge on any atom is -0.501 e. The van der Waals surface area contributed by atoms with E-state index in [2.05, 4.69) is 0 Å². The van der Waals surface area contributed by atoms with Crippen molar-refractivity contribution in [3.8, 4) is 0 Å². The minimum absolute atomic E-state index is 0.0467. The molecule has 0 radical (unpaired) electrons. The lowest BCUT2D eigenvalue weighted by Crippen LogP contribution is -2.09.